The van der Waals surface area contributed by atoms with Gasteiger partial charge in [0.25, 0.3) is 0 Å². The maximum absolute atomic E-state index is 11.2. The number of phenolic OH excluding ortho intramolecular Hbond substituents is 1. The fourth-order valence-electron chi connectivity index (χ4n) is 2.09. The van der Waals surface area contributed by atoms with E-state index in [1.54, 1.807) is 30.3 Å². The third-order valence-electron chi connectivity index (χ3n) is 3.19. The summed E-state index contributed by atoms with van der Waals surface area (Å²) in [5, 5.41) is 12.7. The van der Waals surface area contributed by atoms with Crippen LogP contribution in [0.1, 0.15) is 35.3 Å². The molecule has 0 radical (unpaired) electrons. The van der Waals surface area contributed by atoms with Crippen molar-refractivity contribution in [1.82, 2.24) is 0 Å². The Labute approximate surface area is 118 Å². The van der Waals surface area contributed by atoms with Gasteiger partial charge in [-0.3, -0.25) is 4.79 Å². The summed E-state index contributed by atoms with van der Waals surface area (Å²) < 4.78 is 0. The highest BCUT2D eigenvalue weighted by Gasteiger charge is 2.10. The third kappa shape index (κ3) is 3.29. The molecule has 4 heteroatoms. The number of primary amides is 1. The van der Waals surface area contributed by atoms with Crippen LogP contribution in [0, 0.1) is 0 Å². The molecule has 4 nitrogen and oxygen atoms in total. The monoisotopic (exact) mass is 270 g/mol. The third-order valence-corrected chi connectivity index (χ3v) is 3.19. The lowest BCUT2D eigenvalue weighted by Crippen LogP contribution is -2.13. The molecule has 0 fully saturated rings. The normalized spacial score (nSPS) is 11.8. The molecule has 1 atom stereocenters. The molecule has 1 unspecified atom stereocenters. The number of carbonyl (C=O) groups excluding carboxylic acids is 1. The quantitative estimate of drug-likeness (QED) is 0.781. The van der Waals surface area contributed by atoms with Crippen molar-refractivity contribution >= 4 is 11.6 Å². The summed E-state index contributed by atoms with van der Waals surface area (Å²) in [6.45, 7) is 2.07. The summed E-state index contributed by atoms with van der Waals surface area (Å²) >= 11 is 0. The summed E-state index contributed by atoms with van der Waals surface area (Å²) in [6, 6.07) is 14.3. The van der Waals surface area contributed by atoms with Crippen molar-refractivity contribution in [3.8, 4) is 5.75 Å². The first-order valence-electron chi connectivity index (χ1n) is 6.55. The van der Waals surface area contributed by atoms with Gasteiger partial charge in [-0.05, 0) is 42.3 Å². The number of aromatic hydroxyl groups is 1. The number of phenols is 1. The van der Waals surface area contributed by atoms with Gasteiger partial charge in [-0.15, -0.1) is 0 Å². The van der Waals surface area contributed by atoms with E-state index in [9.17, 15) is 9.90 Å². The number of hydrogen-bond acceptors (Lipinski definition) is 3. The molecule has 0 aliphatic rings. The zero-order valence-corrected chi connectivity index (χ0v) is 11.3. The molecule has 0 spiro atoms. The zero-order chi connectivity index (χ0) is 14.5. The van der Waals surface area contributed by atoms with Crippen LogP contribution < -0.4 is 11.1 Å². The van der Waals surface area contributed by atoms with Gasteiger partial charge in [0.2, 0.25) is 5.91 Å². The zero-order valence-electron chi connectivity index (χ0n) is 11.3. The molecule has 4 N–H and O–H groups in total. The van der Waals surface area contributed by atoms with Crippen molar-refractivity contribution in [3.05, 3.63) is 59.7 Å². The van der Waals surface area contributed by atoms with Crippen LogP contribution >= 0.6 is 0 Å². The van der Waals surface area contributed by atoms with Crippen molar-refractivity contribution in [3.63, 3.8) is 0 Å². The van der Waals surface area contributed by atoms with E-state index in [-0.39, 0.29) is 11.8 Å². The minimum atomic E-state index is -0.439. The first-order chi connectivity index (χ1) is 9.60. The van der Waals surface area contributed by atoms with E-state index in [1.807, 2.05) is 18.2 Å². The highest BCUT2D eigenvalue weighted by molar-refractivity contribution is 5.93. The van der Waals surface area contributed by atoms with E-state index in [4.69, 9.17) is 5.73 Å². The number of carbonyl (C=O) groups is 1. The maximum atomic E-state index is 11.2. The second-order valence-corrected chi connectivity index (χ2v) is 4.64. The Balaban J connectivity index is 2.19. The molecular weight excluding hydrogens is 252 g/mol. The van der Waals surface area contributed by atoms with Gasteiger partial charge in [0.15, 0.2) is 0 Å². The number of benzene rings is 2. The van der Waals surface area contributed by atoms with Crippen LogP contribution in [0.4, 0.5) is 5.69 Å². The number of amides is 1. The fraction of sp³-hybridized carbons (Fsp3) is 0.188. The van der Waals surface area contributed by atoms with Gasteiger partial charge in [-0.25, -0.2) is 0 Å². The van der Waals surface area contributed by atoms with Crippen LogP contribution in [0.25, 0.3) is 0 Å². The van der Waals surface area contributed by atoms with Crippen LogP contribution in [0.3, 0.4) is 0 Å². The summed E-state index contributed by atoms with van der Waals surface area (Å²) in [5.74, 6) is -0.189. The van der Waals surface area contributed by atoms with E-state index in [0.717, 1.165) is 17.7 Å². The molecular formula is C16H18N2O2. The lowest BCUT2D eigenvalue weighted by molar-refractivity contribution is 0.100. The van der Waals surface area contributed by atoms with Crippen LogP contribution in [-0.4, -0.2) is 11.0 Å². The van der Waals surface area contributed by atoms with E-state index < -0.39 is 5.91 Å². The van der Waals surface area contributed by atoms with Gasteiger partial charge in [0.05, 0.1) is 6.04 Å². The van der Waals surface area contributed by atoms with Crippen molar-refractivity contribution in [2.45, 2.75) is 19.4 Å². The molecule has 0 aliphatic heterocycles. The smallest absolute Gasteiger partial charge is 0.248 e. The van der Waals surface area contributed by atoms with Gasteiger partial charge in [-0.2, -0.15) is 0 Å². The lowest BCUT2D eigenvalue weighted by Gasteiger charge is -2.19. The number of rotatable bonds is 5. The molecule has 0 aliphatic carbocycles. The molecule has 0 aromatic heterocycles. The van der Waals surface area contributed by atoms with Crippen LogP contribution in [0.15, 0.2) is 48.5 Å². The molecule has 0 heterocycles. The number of hydrogen-bond donors (Lipinski definition) is 3. The summed E-state index contributed by atoms with van der Waals surface area (Å²) in [4.78, 5) is 11.2. The van der Waals surface area contributed by atoms with Crippen LogP contribution in [0.5, 0.6) is 5.75 Å². The number of anilines is 1. The highest BCUT2D eigenvalue weighted by atomic mass is 16.3. The van der Waals surface area contributed by atoms with Gasteiger partial charge >= 0.3 is 0 Å². The van der Waals surface area contributed by atoms with Gasteiger partial charge < -0.3 is 16.2 Å². The largest absolute Gasteiger partial charge is 0.508 e. The Morgan fingerprint density at radius 1 is 1.25 bits per heavy atom. The Kier molecular flexibility index (Phi) is 4.25. The Morgan fingerprint density at radius 3 is 2.55 bits per heavy atom. The standard InChI is InChI=1S/C16H18N2O2/c1-2-15(11-6-8-14(19)9-7-11)18-13-5-3-4-12(10-13)16(17)20/h3-10,15,18-19H,2H2,1H3,(H2,17,20). The number of nitrogens with one attached hydrogen (secondary N) is 1. The second kappa shape index (κ2) is 6.10. The van der Waals surface area contributed by atoms with Gasteiger partial charge in [0.1, 0.15) is 5.75 Å². The molecule has 1 amide bonds. The lowest BCUT2D eigenvalue weighted by atomic mass is 10.0. The number of nitrogens with two attached hydrogens (primary N) is 1. The first-order valence-corrected chi connectivity index (χ1v) is 6.55. The van der Waals surface area contributed by atoms with E-state index in [0.29, 0.717) is 5.56 Å². The van der Waals surface area contributed by atoms with E-state index in [2.05, 4.69) is 12.2 Å². The first kappa shape index (κ1) is 13.9. The molecule has 2 rings (SSSR count). The molecule has 2 aromatic carbocycles. The average Bonchev–Trinajstić information content (AvgIpc) is 2.46. The van der Waals surface area contributed by atoms with E-state index in [1.165, 1.54) is 0 Å². The van der Waals surface area contributed by atoms with Gasteiger partial charge in [0, 0.05) is 11.3 Å². The molecule has 0 saturated carbocycles. The predicted molar refractivity (Wildman–Crippen MR) is 79.7 cm³/mol. The molecule has 0 saturated heterocycles. The van der Waals surface area contributed by atoms with Crippen molar-refractivity contribution in [1.29, 1.82) is 0 Å². The fourth-order valence-corrected chi connectivity index (χ4v) is 2.09. The Morgan fingerprint density at radius 2 is 1.95 bits per heavy atom. The Bertz CT molecular complexity index is 594. The molecule has 0 bridgehead atoms. The summed E-state index contributed by atoms with van der Waals surface area (Å²) in [6.07, 6.45) is 0.881. The van der Waals surface area contributed by atoms with Crippen molar-refractivity contribution in [2.24, 2.45) is 5.73 Å². The van der Waals surface area contributed by atoms with Crippen molar-refractivity contribution in [2.75, 3.05) is 5.32 Å². The minimum absolute atomic E-state index is 0.110. The highest BCUT2D eigenvalue weighted by Crippen LogP contribution is 2.24. The second-order valence-electron chi connectivity index (χ2n) is 4.64. The SMILES string of the molecule is CCC(Nc1cccc(C(N)=O)c1)c1ccc(O)cc1. The summed E-state index contributed by atoms with van der Waals surface area (Å²) in [5.41, 5.74) is 7.69. The molecule has 2 aromatic rings. The van der Waals surface area contributed by atoms with Crippen LogP contribution in [0.2, 0.25) is 0 Å². The van der Waals surface area contributed by atoms with Crippen molar-refractivity contribution < 1.29 is 9.90 Å². The van der Waals surface area contributed by atoms with Gasteiger partial charge in [-0.1, -0.05) is 25.1 Å². The molecule has 20 heavy (non-hydrogen) atoms. The minimum Gasteiger partial charge on any atom is -0.508 e. The molecule has 104 valence electrons. The maximum Gasteiger partial charge on any atom is 0.248 e. The Hall–Kier alpha value is -2.49. The predicted octanol–water partition coefficient (Wildman–Crippen LogP) is 3.05. The topological polar surface area (TPSA) is 75.3 Å². The summed E-state index contributed by atoms with van der Waals surface area (Å²) in [7, 11) is 0. The van der Waals surface area contributed by atoms with E-state index >= 15 is 0 Å². The van der Waals surface area contributed by atoms with Crippen LogP contribution in [-0.2, 0) is 0 Å². The average molecular weight is 270 g/mol.